The summed E-state index contributed by atoms with van der Waals surface area (Å²) in [6.45, 7) is -0.278. The number of amides is 3. The first-order valence-corrected chi connectivity index (χ1v) is 11.9. The minimum Gasteiger partial charge on any atom is -0.324 e. The zero-order valence-electron chi connectivity index (χ0n) is 18.8. The second-order valence-corrected chi connectivity index (χ2v) is 9.60. The van der Waals surface area contributed by atoms with Crippen molar-refractivity contribution in [3.05, 3.63) is 113 Å². The first-order chi connectivity index (χ1) is 17.1. The monoisotopic (exact) mass is 458 g/mol. The first-order valence-electron chi connectivity index (χ1n) is 11.9. The van der Waals surface area contributed by atoms with Gasteiger partial charge in [0.25, 0.3) is 0 Å². The molecular formula is C30H22N2O3. The van der Waals surface area contributed by atoms with Crippen LogP contribution in [0, 0.1) is 11.8 Å². The fourth-order valence-electron chi connectivity index (χ4n) is 6.56. The SMILES string of the molecule is O=C(CN1C(=O)[C@@H]2C3c4ccccc4C(c4ccccc43)[C@@H]2C1=O)Nc1cccc2ccccc12. The summed E-state index contributed by atoms with van der Waals surface area (Å²) >= 11 is 0. The average molecular weight is 459 g/mol. The molecule has 2 atom stereocenters. The van der Waals surface area contributed by atoms with E-state index in [9.17, 15) is 14.4 Å². The average Bonchev–Trinajstić information content (AvgIpc) is 3.14. The lowest BCUT2D eigenvalue weighted by molar-refractivity contribution is -0.142. The van der Waals surface area contributed by atoms with Crippen molar-refractivity contribution in [2.45, 2.75) is 11.8 Å². The molecule has 0 spiro atoms. The van der Waals surface area contributed by atoms with Gasteiger partial charge in [0.1, 0.15) is 6.54 Å². The van der Waals surface area contributed by atoms with Crippen molar-refractivity contribution in [1.82, 2.24) is 4.90 Å². The normalized spacial score (nSPS) is 23.7. The molecule has 3 aliphatic carbocycles. The van der Waals surface area contributed by atoms with Gasteiger partial charge in [-0.2, -0.15) is 0 Å². The number of carbonyl (C=O) groups excluding carboxylic acids is 3. The van der Waals surface area contributed by atoms with Crippen molar-refractivity contribution in [2.24, 2.45) is 11.8 Å². The predicted octanol–water partition coefficient (Wildman–Crippen LogP) is 4.67. The molecule has 170 valence electrons. The van der Waals surface area contributed by atoms with E-state index in [1.54, 1.807) is 0 Å². The van der Waals surface area contributed by atoms with E-state index in [2.05, 4.69) is 29.6 Å². The van der Waals surface area contributed by atoms with Gasteiger partial charge >= 0.3 is 0 Å². The molecule has 1 aliphatic heterocycles. The Balaban J connectivity index is 1.22. The van der Waals surface area contributed by atoms with Crippen LogP contribution in [0.3, 0.4) is 0 Å². The van der Waals surface area contributed by atoms with Gasteiger partial charge in [0.2, 0.25) is 17.7 Å². The van der Waals surface area contributed by atoms with Crippen molar-refractivity contribution in [1.29, 1.82) is 0 Å². The molecule has 1 heterocycles. The number of hydrogen-bond donors (Lipinski definition) is 1. The fourth-order valence-corrected chi connectivity index (χ4v) is 6.56. The maximum atomic E-state index is 13.7. The fraction of sp³-hybridized carbons (Fsp3) is 0.167. The van der Waals surface area contributed by atoms with E-state index in [4.69, 9.17) is 0 Å². The van der Waals surface area contributed by atoms with Crippen molar-refractivity contribution in [2.75, 3.05) is 11.9 Å². The van der Waals surface area contributed by atoms with E-state index in [0.717, 1.165) is 33.0 Å². The Morgan fingerprint density at radius 1 is 0.657 bits per heavy atom. The molecule has 4 aliphatic rings. The molecule has 5 heteroatoms. The molecule has 2 bridgehead atoms. The van der Waals surface area contributed by atoms with Crippen LogP contribution in [0.25, 0.3) is 10.8 Å². The highest BCUT2D eigenvalue weighted by Crippen LogP contribution is 2.60. The highest BCUT2D eigenvalue weighted by Gasteiger charge is 2.61. The van der Waals surface area contributed by atoms with E-state index >= 15 is 0 Å². The Kier molecular flexibility index (Phi) is 4.25. The summed E-state index contributed by atoms with van der Waals surface area (Å²) in [5.41, 5.74) is 5.17. The third kappa shape index (κ3) is 2.78. The van der Waals surface area contributed by atoms with Crippen LogP contribution < -0.4 is 5.32 Å². The van der Waals surface area contributed by atoms with Crippen LogP contribution in [0.4, 0.5) is 5.69 Å². The van der Waals surface area contributed by atoms with E-state index < -0.39 is 11.8 Å². The molecular weight excluding hydrogens is 436 g/mol. The van der Waals surface area contributed by atoms with Gasteiger partial charge in [0.15, 0.2) is 0 Å². The summed E-state index contributed by atoms with van der Waals surface area (Å²) in [6.07, 6.45) is 0. The van der Waals surface area contributed by atoms with Gasteiger partial charge in [-0.05, 0) is 33.7 Å². The molecule has 0 radical (unpaired) electrons. The van der Waals surface area contributed by atoms with Crippen molar-refractivity contribution in [3.8, 4) is 0 Å². The van der Waals surface area contributed by atoms with Crippen LogP contribution in [-0.4, -0.2) is 29.2 Å². The van der Waals surface area contributed by atoms with E-state index in [1.165, 1.54) is 4.90 Å². The van der Waals surface area contributed by atoms with Crippen molar-refractivity contribution >= 4 is 34.2 Å². The van der Waals surface area contributed by atoms with Gasteiger partial charge in [0.05, 0.1) is 11.8 Å². The lowest BCUT2D eigenvalue weighted by Gasteiger charge is -2.45. The number of hydrogen-bond acceptors (Lipinski definition) is 3. The molecule has 3 amide bonds. The Morgan fingerprint density at radius 3 is 1.71 bits per heavy atom. The lowest BCUT2D eigenvalue weighted by atomic mass is 9.55. The molecule has 1 N–H and O–H groups in total. The third-order valence-corrected chi connectivity index (χ3v) is 7.91. The predicted molar refractivity (Wildman–Crippen MR) is 133 cm³/mol. The maximum Gasteiger partial charge on any atom is 0.244 e. The van der Waals surface area contributed by atoms with E-state index in [1.807, 2.05) is 66.7 Å². The van der Waals surface area contributed by atoms with Gasteiger partial charge in [-0.25, -0.2) is 0 Å². The molecule has 0 saturated carbocycles. The van der Waals surface area contributed by atoms with Crippen LogP contribution in [0.2, 0.25) is 0 Å². The van der Waals surface area contributed by atoms with Gasteiger partial charge in [-0.3, -0.25) is 19.3 Å². The quantitative estimate of drug-likeness (QED) is 0.454. The zero-order valence-corrected chi connectivity index (χ0v) is 18.8. The number of imide groups is 1. The highest BCUT2D eigenvalue weighted by atomic mass is 16.2. The van der Waals surface area contributed by atoms with Crippen LogP contribution in [0.5, 0.6) is 0 Å². The molecule has 4 aromatic carbocycles. The van der Waals surface area contributed by atoms with Crippen LogP contribution in [0.15, 0.2) is 91.0 Å². The number of carbonyl (C=O) groups is 3. The third-order valence-electron chi connectivity index (χ3n) is 7.91. The standard InChI is InChI=1S/C30H22N2O3/c33-24(31-23-15-7-9-17-8-1-2-10-18(17)23)16-32-29(34)27-25-19-11-3-4-12-20(19)26(28(27)30(32)35)22-14-6-5-13-21(22)25/h1-15,25-28H,16H2,(H,31,33)/t25?,26?,27-,28+. The number of nitrogens with one attached hydrogen (secondary N) is 1. The second kappa shape index (κ2) is 7.37. The first kappa shape index (κ1) is 20.2. The van der Waals surface area contributed by atoms with Crippen LogP contribution in [0.1, 0.15) is 34.1 Å². The number of rotatable bonds is 3. The molecule has 35 heavy (non-hydrogen) atoms. The van der Waals surface area contributed by atoms with Crippen LogP contribution >= 0.6 is 0 Å². The Morgan fingerprint density at radius 2 is 1.14 bits per heavy atom. The Hall–Kier alpha value is -4.25. The molecule has 5 nitrogen and oxygen atoms in total. The topological polar surface area (TPSA) is 66.5 Å². The molecule has 0 aromatic heterocycles. The highest BCUT2D eigenvalue weighted by molar-refractivity contribution is 6.11. The van der Waals surface area contributed by atoms with Gasteiger partial charge in [0, 0.05) is 22.9 Å². The van der Waals surface area contributed by atoms with Crippen molar-refractivity contribution in [3.63, 3.8) is 0 Å². The molecule has 1 saturated heterocycles. The van der Waals surface area contributed by atoms with Crippen LogP contribution in [-0.2, 0) is 14.4 Å². The molecule has 8 rings (SSSR count). The summed E-state index contributed by atoms with van der Waals surface area (Å²) in [4.78, 5) is 41.6. The number of benzene rings is 4. The van der Waals surface area contributed by atoms with E-state index in [-0.39, 0.29) is 36.1 Å². The van der Waals surface area contributed by atoms with Crippen molar-refractivity contribution < 1.29 is 14.4 Å². The number of anilines is 1. The van der Waals surface area contributed by atoms with Gasteiger partial charge in [-0.1, -0.05) is 84.9 Å². The molecule has 4 aromatic rings. The summed E-state index contributed by atoms with van der Waals surface area (Å²) in [5.74, 6) is -2.13. The number of likely N-dealkylation sites (tertiary alicyclic amines) is 1. The largest absolute Gasteiger partial charge is 0.324 e. The number of nitrogens with zero attached hydrogens (tertiary/aromatic N) is 1. The molecule has 1 fully saturated rings. The smallest absolute Gasteiger partial charge is 0.244 e. The minimum atomic E-state index is -0.470. The van der Waals surface area contributed by atoms with Gasteiger partial charge in [-0.15, -0.1) is 0 Å². The Labute approximate surface area is 202 Å². The van der Waals surface area contributed by atoms with Gasteiger partial charge < -0.3 is 5.32 Å². The summed E-state index contributed by atoms with van der Waals surface area (Å²) in [6, 6.07) is 29.8. The maximum absolute atomic E-state index is 13.7. The summed E-state index contributed by atoms with van der Waals surface area (Å²) in [7, 11) is 0. The number of fused-ring (bicyclic) bond motifs is 1. The van der Waals surface area contributed by atoms with E-state index in [0.29, 0.717) is 5.69 Å². The minimum absolute atomic E-state index is 0.167. The lowest BCUT2D eigenvalue weighted by Crippen LogP contribution is -2.41. The molecule has 0 unspecified atom stereocenters. The summed E-state index contributed by atoms with van der Waals surface area (Å²) < 4.78 is 0. The zero-order chi connectivity index (χ0) is 23.7. The second-order valence-electron chi connectivity index (χ2n) is 9.60. The Bertz CT molecular complexity index is 1440. The summed E-state index contributed by atoms with van der Waals surface area (Å²) in [5, 5.41) is 4.85.